The highest BCUT2D eigenvalue weighted by atomic mass is 32.2. The van der Waals surface area contributed by atoms with E-state index in [1.807, 2.05) is 0 Å². The van der Waals surface area contributed by atoms with E-state index in [2.05, 4.69) is 5.32 Å². The summed E-state index contributed by atoms with van der Waals surface area (Å²) in [6.07, 6.45) is 6.05. The number of nitrogens with one attached hydrogen (secondary N) is 1. The van der Waals surface area contributed by atoms with E-state index in [0.717, 1.165) is 37.7 Å². The van der Waals surface area contributed by atoms with Crippen molar-refractivity contribution in [3.8, 4) is 0 Å². The van der Waals surface area contributed by atoms with Crippen LogP contribution in [0.4, 0.5) is 5.69 Å². The number of benzene rings is 1. The molecule has 0 bridgehead atoms. The van der Waals surface area contributed by atoms with Gasteiger partial charge in [0.1, 0.15) is 0 Å². The molecule has 2 N–H and O–H groups in total. The Morgan fingerprint density at radius 3 is 2.62 bits per heavy atom. The van der Waals surface area contributed by atoms with E-state index < -0.39 is 16.0 Å². The van der Waals surface area contributed by atoms with E-state index in [9.17, 15) is 18.0 Å². The molecule has 0 fully saturated rings. The normalized spacial score (nSPS) is 14.0. The van der Waals surface area contributed by atoms with Gasteiger partial charge in [0.05, 0.1) is 11.9 Å². The number of hydrogen-bond donors (Lipinski definition) is 2. The monoisotopic (exact) mass is 382 g/mol. The first-order chi connectivity index (χ1) is 12.3. The fourth-order valence-electron chi connectivity index (χ4n) is 3.11. The van der Waals surface area contributed by atoms with Gasteiger partial charge in [0.25, 0.3) is 5.91 Å². The van der Waals surface area contributed by atoms with E-state index >= 15 is 0 Å². The van der Waals surface area contributed by atoms with Crippen LogP contribution in [0.2, 0.25) is 0 Å². The molecule has 2 rings (SSSR count). The number of carbonyl (C=O) groups excluding carboxylic acids is 1. The zero-order valence-electron chi connectivity index (χ0n) is 15.0. The van der Waals surface area contributed by atoms with Crippen LogP contribution in [0.3, 0.4) is 0 Å². The Kier molecular flexibility index (Phi) is 7.02. The molecule has 1 amide bonds. The maximum Gasteiger partial charge on any atom is 0.303 e. The van der Waals surface area contributed by atoms with Crippen molar-refractivity contribution in [3.05, 3.63) is 29.3 Å². The lowest BCUT2D eigenvalue weighted by Crippen LogP contribution is -2.34. The summed E-state index contributed by atoms with van der Waals surface area (Å²) >= 11 is 0. The molecule has 0 saturated heterocycles. The van der Waals surface area contributed by atoms with Gasteiger partial charge in [0.2, 0.25) is 10.0 Å². The lowest BCUT2D eigenvalue weighted by molar-refractivity contribution is -0.137. The van der Waals surface area contributed by atoms with Gasteiger partial charge in [-0.05, 0) is 49.4 Å². The number of hydrogen-bond acceptors (Lipinski definition) is 4. The molecule has 1 aliphatic heterocycles. The third kappa shape index (κ3) is 5.72. The summed E-state index contributed by atoms with van der Waals surface area (Å²) in [6.45, 7) is 1.01. The smallest absolute Gasteiger partial charge is 0.303 e. The first kappa shape index (κ1) is 20.2. The largest absolute Gasteiger partial charge is 0.481 e. The van der Waals surface area contributed by atoms with Crippen molar-refractivity contribution in [1.29, 1.82) is 0 Å². The predicted octanol–water partition coefficient (Wildman–Crippen LogP) is 2.16. The summed E-state index contributed by atoms with van der Waals surface area (Å²) in [6, 6.07) is 5.13. The number of anilines is 1. The average Bonchev–Trinajstić information content (AvgIpc) is 2.58. The Balaban J connectivity index is 1.86. The van der Waals surface area contributed by atoms with E-state index in [4.69, 9.17) is 5.11 Å². The number of nitrogens with zero attached hydrogens (tertiary/aromatic N) is 1. The van der Waals surface area contributed by atoms with Gasteiger partial charge in [0, 0.05) is 25.1 Å². The number of fused-ring (bicyclic) bond motifs is 1. The van der Waals surface area contributed by atoms with Gasteiger partial charge in [-0.2, -0.15) is 0 Å². The average molecular weight is 382 g/mol. The molecule has 0 atom stereocenters. The molecule has 1 aromatic carbocycles. The minimum absolute atomic E-state index is 0.171. The van der Waals surface area contributed by atoms with Crippen LogP contribution >= 0.6 is 0 Å². The maximum absolute atomic E-state index is 12.3. The van der Waals surface area contributed by atoms with Crippen LogP contribution in [0, 0.1) is 0 Å². The number of carbonyl (C=O) groups is 2. The number of aryl methyl sites for hydroxylation is 1. The lowest BCUT2D eigenvalue weighted by Gasteiger charge is -2.29. The lowest BCUT2D eigenvalue weighted by atomic mass is 10.0. The van der Waals surface area contributed by atoms with Crippen molar-refractivity contribution < 1.29 is 23.1 Å². The number of sulfonamides is 1. The quantitative estimate of drug-likeness (QED) is 0.637. The fourth-order valence-corrected chi connectivity index (χ4v) is 4.10. The molecule has 0 spiro atoms. The van der Waals surface area contributed by atoms with Gasteiger partial charge >= 0.3 is 5.97 Å². The third-order valence-electron chi connectivity index (χ3n) is 4.42. The Labute approximate surface area is 154 Å². The number of unbranched alkanes of at least 4 members (excludes halogenated alkanes) is 3. The second-order valence-electron chi connectivity index (χ2n) is 6.60. The van der Waals surface area contributed by atoms with E-state index in [1.165, 1.54) is 10.6 Å². The zero-order chi connectivity index (χ0) is 19.2. The molecule has 26 heavy (non-hydrogen) atoms. The fraction of sp³-hybridized carbons (Fsp3) is 0.556. The molecular formula is C18H26N2O5S. The van der Waals surface area contributed by atoms with Crippen LogP contribution in [0.1, 0.15) is 54.4 Å². The van der Waals surface area contributed by atoms with Crippen LogP contribution < -0.4 is 9.62 Å². The van der Waals surface area contributed by atoms with Crippen molar-refractivity contribution in [2.45, 2.75) is 44.9 Å². The van der Waals surface area contributed by atoms with Crippen LogP contribution in [-0.4, -0.2) is 44.7 Å². The molecule has 0 aromatic heterocycles. The van der Waals surface area contributed by atoms with Crippen molar-refractivity contribution in [2.75, 3.05) is 23.7 Å². The summed E-state index contributed by atoms with van der Waals surface area (Å²) < 4.78 is 25.1. The minimum atomic E-state index is -3.31. The molecule has 1 heterocycles. The summed E-state index contributed by atoms with van der Waals surface area (Å²) in [5.41, 5.74) is 2.07. The van der Waals surface area contributed by atoms with Gasteiger partial charge in [-0.1, -0.05) is 12.8 Å². The Bertz CT molecular complexity index is 761. The number of rotatable bonds is 9. The predicted molar refractivity (Wildman–Crippen MR) is 100 cm³/mol. The second-order valence-corrected chi connectivity index (χ2v) is 8.50. The molecule has 7 nitrogen and oxygen atoms in total. The zero-order valence-corrected chi connectivity index (χ0v) is 15.8. The standard InChI is InChI=1S/C18H26N2O5S/c1-26(24,25)20-12-6-7-14-13-15(9-10-16(14)20)18(23)19-11-5-3-2-4-8-17(21)22/h9-10,13H,2-8,11-12H2,1H3,(H,19,23)(H,21,22). The highest BCUT2D eigenvalue weighted by Gasteiger charge is 2.24. The molecular weight excluding hydrogens is 356 g/mol. The molecule has 0 saturated carbocycles. The molecule has 144 valence electrons. The summed E-state index contributed by atoms with van der Waals surface area (Å²) in [5, 5.41) is 11.4. The van der Waals surface area contributed by atoms with Crippen molar-refractivity contribution in [1.82, 2.24) is 5.32 Å². The SMILES string of the molecule is CS(=O)(=O)N1CCCc2cc(C(=O)NCCCCCCC(=O)O)ccc21. The number of aliphatic carboxylic acids is 1. The minimum Gasteiger partial charge on any atom is -0.481 e. The number of amides is 1. The van der Waals surface area contributed by atoms with Crippen molar-refractivity contribution in [3.63, 3.8) is 0 Å². The van der Waals surface area contributed by atoms with Crippen LogP contribution in [-0.2, 0) is 21.2 Å². The second kappa shape index (κ2) is 9.02. The summed E-state index contributed by atoms with van der Waals surface area (Å²) in [7, 11) is -3.31. The van der Waals surface area contributed by atoms with E-state index in [-0.39, 0.29) is 12.3 Å². The van der Waals surface area contributed by atoms with Gasteiger partial charge in [-0.15, -0.1) is 0 Å². The summed E-state index contributed by atoms with van der Waals surface area (Å²) in [5.74, 6) is -0.949. The van der Waals surface area contributed by atoms with E-state index in [0.29, 0.717) is 30.8 Å². The van der Waals surface area contributed by atoms with Gasteiger partial charge in [-0.3, -0.25) is 13.9 Å². The molecule has 0 unspecified atom stereocenters. The van der Waals surface area contributed by atoms with Crippen LogP contribution in [0.25, 0.3) is 0 Å². The highest BCUT2D eigenvalue weighted by Crippen LogP contribution is 2.29. The third-order valence-corrected chi connectivity index (χ3v) is 5.60. The van der Waals surface area contributed by atoms with Crippen molar-refractivity contribution >= 4 is 27.6 Å². The molecule has 0 aliphatic carbocycles. The topological polar surface area (TPSA) is 104 Å². The van der Waals surface area contributed by atoms with Gasteiger partial charge in [-0.25, -0.2) is 8.42 Å². The first-order valence-electron chi connectivity index (χ1n) is 8.89. The molecule has 0 radical (unpaired) electrons. The number of carboxylic acids is 1. The van der Waals surface area contributed by atoms with Gasteiger partial charge < -0.3 is 10.4 Å². The molecule has 8 heteroatoms. The van der Waals surface area contributed by atoms with Gasteiger partial charge in [0.15, 0.2) is 0 Å². The summed E-state index contributed by atoms with van der Waals surface area (Å²) in [4.78, 5) is 22.7. The van der Waals surface area contributed by atoms with Crippen LogP contribution in [0.15, 0.2) is 18.2 Å². The number of carboxylic acid groups (broad SMARTS) is 1. The Morgan fingerprint density at radius 2 is 1.92 bits per heavy atom. The molecule has 1 aliphatic rings. The Morgan fingerprint density at radius 1 is 1.19 bits per heavy atom. The maximum atomic E-state index is 12.3. The first-order valence-corrected chi connectivity index (χ1v) is 10.7. The Hall–Kier alpha value is -2.09. The van der Waals surface area contributed by atoms with Crippen molar-refractivity contribution in [2.24, 2.45) is 0 Å². The van der Waals surface area contributed by atoms with E-state index in [1.54, 1.807) is 18.2 Å². The highest BCUT2D eigenvalue weighted by molar-refractivity contribution is 7.92. The van der Waals surface area contributed by atoms with Crippen LogP contribution in [0.5, 0.6) is 0 Å². The molecule has 1 aromatic rings.